The van der Waals surface area contributed by atoms with Crippen LogP contribution in [0.15, 0.2) is 16.8 Å². The highest BCUT2D eigenvalue weighted by molar-refractivity contribution is 7.08. The number of rotatable bonds is 13. The fourth-order valence-electron chi connectivity index (χ4n) is 3.84. The van der Waals surface area contributed by atoms with Crippen LogP contribution in [0.25, 0.3) is 0 Å². The van der Waals surface area contributed by atoms with Gasteiger partial charge in [0.05, 0.1) is 12.5 Å². The number of amides is 3. The Morgan fingerprint density at radius 1 is 1.19 bits per heavy atom. The Morgan fingerprint density at radius 3 is 2.58 bits per heavy atom. The quantitative estimate of drug-likeness (QED) is 0.335. The highest BCUT2D eigenvalue weighted by atomic mass is 32.1. The molecule has 1 saturated heterocycles. The van der Waals surface area contributed by atoms with Crippen molar-refractivity contribution < 1.29 is 28.7 Å². The predicted octanol–water partition coefficient (Wildman–Crippen LogP) is 1.59. The second kappa shape index (κ2) is 14.7. The van der Waals surface area contributed by atoms with Crippen LogP contribution in [0.5, 0.6) is 0 Å². The number of hydrazine groups is 1. The third-order valence-electron chi connectivity index (χ3n) is 5.69. The van der Waals surface area contributed by atoms with E-state index in [1.807, 2.05) is 30.7 Å². The van der Waals surface area contributed by atoms with Crippen molar-refractivity contribution in [3.63, 3.8) is 0 Å². The number of thiophene rings is 1. The summed E-state index contributed by atoms with van der Waals surface area (Å²) in [6, 6.07) is 0.170. The molecule has 2 atom stereocenters. The average Bonchev–Trinajstić information content (AvgIpc) is 3.33. The minimum absolute atomic E-state index is 0.0488. The molecule has 3 N–H and O–H groups in total. The summed E-state index contributed by atoms with van der Waals surface area (Å²) < 4.78 is 5.14. The first-order valence-corrected chi connectivity index (χ1v) is 13.3. The smallest absolute Gasteiger partial charge is 0.310 e. The molecule has 3 amide bonds. The molecule has 1 aromatic heterocycles. The molecule has 0 radical (unpaired) electrons. The van der Waals surface area contributed by atoms with Gasteiger partial charge in [-0.05, 0) is 47.1 Å². The van der Waals surface area contributed by atoms with Crippen molar-refractivity contribution in [1.29, 1.82) is 0 Å². The van der Waals surface area contributed by atoms with Gasteiger partial charge in [0.2, 0.25) is 17.7 Å². The second-order valence-electron chi connectivity index (χ2n) is 9.69. The van der Waals surface area contributed by atoms with E-state index >= 15 is 0 Å². The van der Waals surface area contributed by atoms with Crippen molar-refractivity contribution in [2.24, 2.45) is 11.8 Å². The van der Waals surface area contributed by atoms with Crippen molar-refractivity contribution in [3.8, 4) is 0 Å². The molecule has 11 heteroatoms. The molecule has 1 fully saturated rings. The molecule has 0 spiro atoms. The molecule has 0 aromatic carbocycles. The number of ether oxygens (including phenoxy) is 1. The fourth-order valence-corrected chi connectivity index (χ4v) is 4.51. The van der Waals surface area contributed by atoms with Gasteiger partial charge in [0.1, 0.15) is 6.04 Å². The summed E-state index contributed by atoms with van der Waals surface area (Å²) in [5.41, 5.74) is 3.79. The average molecular weight is 523 g/mol. The number of nitrogens with one attached hydrogen (secondary N) is 3. The normalized spacial score (nSPS) is 16.5. The number of hydrogen-bond acceptors (Lipinski definition) is 8. The standard InChI is InChI=1S/C25H38N4O6S/c1-16(2)12-21(31)26-10-7-22(32)29-19(6-5-9-27-29)25(34)28-24(17(3)4)20(30)14-35-23(33)13-18-8-11-36-15-18/h8,11,15-17,19,24,27H,5-7,9-10,12-14H2,1-4H3,(H,26,31)(H,28,34)/t19-,24+/m0/s1. The number of esters is 1. The maximum absolute atomic E-state index is 13.1. The van der Waals surface area contributed by atoms with Crippen LogP contribution in [-0.4, -0.2) is 66.3 Å². The van der Waals surface area contributed by atoms with E-state index in [1.54, 1.807) is 13.8 Å². The van der Waals surface area contributed by atoms with Crippen LogP contribution in [0.1, 0.15) is 58.9 Å². The van der Waals surface area contributed by atoms with Gasteiger partial charge >= 0.3 is 5.97 Å². The highest BCUT2D eigenvalue weighted by Gasteiger charge is 2.35. The molecule has 0 saturated carbocycles. The minimum atomic E-state index is -0.861. The van der Waals surface area contributed by atoms with Gasteiger partial charge in [0.25, 0.3) is 0 Å². The lowest BCUT2D eigenvalue weighted by Crippen LogP contribution is -2.61. The van der Waals surface area contributed by atoms with E-state index in [0.717, 1.165) is 5.56 Å². The first-order valence-electron chi connectivity index (χ1n) is 12.4. The lowest BCUT2D eigenvalue weighted by Gasteiger charge is -2.36. The number of ketones is 1. The molecular formula is C25H38N4O6S. The van der Waals surface area contributed by atoms with E-state index in [-0.39, 0.29) is 43.0 Å². The van der Waals surface area contributed by atoms with Gasteiger partial charge in [0, 0.05) is 25.9 Å². The number of carbonyl (C=O) groups is 5. The third-order valence-corrected chi connectivity index (χ3v) is 6.42. The SMILES string of the molecule is CC(C)CC(=O)NCCC(=O)N1NCCC[C@H]1C(=O)N[C@@H](C(=O)COC(=O)Cc1ccsc1)C(C)C. The van der Waals surface area contributed by atoms with Crippen LogP contribution in [0.2, 0.25) is 0 Å². The Hall–Kier alpha value is -2.79. The Balaban J connectivity index is 1.90. The van der Waals surface area contributed by atoms with Crippen molar-refractivity contribution in [1.82, 2.24) is 21.1 Å². The van der Waals surface area contributed by atoms with E-state index in [1.165, 1.54) is 16.3 Å². The van der Waals surface area contributed by atoms with Crippen LogP contribution in [-0.2, 0) is 35.1 Å². The van der Waals surface area contributed by atoms with Crippen molar-refractivity contribution in [2.75, 3.05) is 19.7 Å². The molecule has 200 valence electrons. The monoisotopic (exact) mass is 522 g/mol. The topological polar surface area (TPSA) is 134 Å². The molecule has 2 heterocycles. The molecule has 0 bridgehead atoms. The number of hydrogen-bond donors (Lipinski definition) is 3. The second-order valence-corrected chi connectivity index (χ2v) is 10.5. The maximum Gasteiger partial charge on any atom is 0.310 e. The Labute approximate surface area is 216 Å². The Morgan fingerprint density at radius 2 is 1.94 bits per heavy atom. The van der Waals surface area contributed by atoms with Crippen molar-refractivity contribution in [3.05, 3.63) is 22.4 Å². The number of Topliss-reactive ketones (excluding diaryl/α,β-unsaturated/α-hetero) is 1. The van der Waals surface area contributed by atoms with E-state index in [9.17, 15) is 24.0 Å². The maximum atomic E-state index is 13.1. The van der Waals surface area contributed by atoms with Gasteiger partial charge in [-0.3, -0.25) is 29.0 Å². The van der Waals surface area contributed by atoms with E-state index in [4.69, 9.17) is 4.74 Å². The Bertz CT molecular complexity index is 902. The summed E-state index contributed by atoms with van der Waals surface area (Å²) in [5.74, 6) is -1.82. The van der Waals surface area contributed by atoms with Gasteiger partial charge in [-0.25, -0.2) is 5.43 Å². The lowest BCUT2D eigenvalue weighted by atomic mass is 9.98. The highest BCUT2D eigenvalue weighted by Crippen LogP contribution is 2.14. The minimum Gasteiger partial charge on any atom is -0.457 e. The first-order chi connectivity index (χ1) is 17.1. The van der Waals surface area contributed by atoms with Crippen LogP contribution in [0.3, 0.4) is 0 Å². The largest absolute Gasteiger partial charge is 0.457 e. The van der Waals surface area contributed by atoms with Crippen molar-refractivity contribution >= 4 is 40.8 Å². The van der Waals surface area contributed by atoms with Crippen LogP contribution in [0.4, 0.5) is 0 Å². The molecule has 1 aliphatic heterocycles. The molecule has 2 rings (SSSR count). The van der Waals surface area contributed by atoms with Gasteiger partial charge in [-0.15, -0.1) is 0 Å². The molecule has 36 heavy (non-hydrogen) atoms. The third kappa shape index (κ3) is 9.69. The summed E-state index contributed by atoms with van der Waals surface area (Å²) in [4.78, 5) is 62.5. The van der Waals surface area contributed by atoms with Gasteiger partial charge < -0.3 is 15.4 Å². The zero-order chi connectivity index (χ0) is 26.7. The van der Waals surface area contributed by atoms with Gasteiger partial charge in [0.15, 0.2) is 12.4 Å². The number of nitrogens with zero attached hydrogens (tertiary/aromatic N) is 1. The van der Waals surface area contributed by atoms with Crippen LogP contribution >= 0.6 is 11.3 Å². The van der Waals surface area contributed by atoms with E-state index in [2.05, 4.69) is 16.1 Å². The molecule has 0 unspecified atom stereocenters. The zero-order valence-electron chi connectivity index (χ0n) is 21.5. The summed E-state index contributed by atoms with van der Waals surface area (Å²) in [5, 5.41) is 10.5. The lowest BCUT2D eigenvalue weighted by molar-refractivity contribution is -0.150. The molecule has 10 nitrogen and oxygen atoms in total. The first kappa shape index (κ1) is 29.4. The van der Waals surface area contributed by atoms with Gasteiger partial charge in [-0.1, -0.05) is 27.7 Å². The predicted molar refractivity (Wildman–Crippen MR) is 136 cm³/mol. The molecule has 1 aromatic rings. The van der Waals surface area contributed by atoms with E-state index in [0.29, 0.717) is 25.8 Å². The summed E-state index contributed by atoms with van der Waals surface area (Å²) >= 11 is 1.47. The van der Waals surface area contributed by atoms with Crippen LogP contribution in [0, 0.1) is 11.8 Å². The zero-order valence-corrected chi connectivity index (χ0v) is 22.3. The molecule has 0 aliphatic carbocycles. The number of carbonyl (C=O) groups excluding carboxylic acids is 5. The Kier molecular flexibility index (Phi) is 12.0. The molecule has 1 aliphatic rings. The summed E-state index contributed by atoms with van der Waals surface area (Å²) in [6.07, 6.45) is 1.65. The summed E-state index contributed by atoms with van der Waals surface area (Å²) in [7, 11) is 0. The van der Waals surface area contributed by atoms with Crippen LogP contribution < -0.4 is 16.1 Å². The summed E-state index contributed by atoms with van der Waals surface area (Å²) in [6.45, 7) is 7.75. The van der Waals surface area contributed by atoms with Crippen molar-refractivity contribution in [2.45, 2.75) is 71.9 Å². The van der Waals surface area contributed by atoms with Gasteiger partial charge in [-0.2, -0.15) is 11.3 Å². The fraction of sp³-hybridized carbons (Fsp3) is 0.640. The van der Waals surface area contributed by atoms with E-state index < -0.39 is 36.4 Å². The molecular weight excluding hydrogens is 484 g/mol.